The number of β-amino-alcohol motifs (C(OH)–C–C–N with tert-alkyl or cyclic N) is 1. The molecule has 0 bridgehead atoms. The molecule has 0 aliphatic carbocycles. The lowest BCUT2D eigenvalue weighted by atomic mass is 10.1. The van der Waals surface area contributed by atoms with Gasteiger partial charge in [0.25, 0.3) is 0 Å². The number of aliphatic hydroxyl groups is 1. The Bertz CT molecular complexity index is 203. The molecule has 4 nitrogen and oxygen atoms in total. The summed E-state index contributed by atoms with van der Waals surface area (Å²) in [6.07, 6.45) is 0.583. The Hall–Kier alpha value is -0.610. The maximum absolute atomic E-state index is 11.2. The Morgan fingerprint density at radius 3 is 2.38 bits per heavy atom. The fourth-order valence-corrected chi connectivity index (χ4v) is 1.36. The Kier molecular flexibility index (Phi) is 3.69. The van der Waals surface area contributed by atoms with Gasteiger partial charge in [0.1, 0.15) is 0 Å². The van der Waals surface area contributed by atoms with Gasteiger partial charge in [-0.25, -0.2) is 0 Å². The highest BCUT2D eigenvalue weighted by molar-refractivity contribution is 6.18. The number of alkyl halides is 1. The predicted octanol–water partition coefficient (Wildman–Crippen LogP) is 0.125. The quantitative estimate of drug-likeness (QED) is 0.526. The molecule has 1 N–H and O–H groups in total. The number of amides is 2. The molecule has 1 saturated heterocycles. The molecule has 0 radical (unpaired) electrons. The molecule has 1 aliphatic rings. The van der Waals surface area contributed by atoms with Gasteiger partial charge in [-0.3, -0.25) is 14.5 Å². The highest BCUT2D eigenvalue weighted by Gasteiger charge is 2.27. The van der Waals surface area contributed by atoms with E-state index in [1.54, 1.807) is 0 Å². The Morgan fingerprint density at radius 1 is 1.38 bits per heavy atom. The summed E-state index contributed by atoms with van der Waals surface area (Å²) in [6, 6.07) is 0. The maximum atomic E-state index is 11.2. The minimum absolute atomic E-state index is 0.0289. The number of piperidine rings is 1. The second kappa shape index (κ2) is 4.58. The summed E-state index contributed by atoms with van der Waals surface area (Å²) >= 11 is 5.37. The van der Waals surface area contributed by atoms with Crippen molar-refractivity contribution in [3.05, 3.63) is 0 Å². The minimum atomic E-state index is -0.812. The molecule has 1 atom stereocenters. The van der Waals surface area contributed by atoms with Crippen LogP contribution in [-0.2, 0) is 9.59 Å². The van der Waals surface area contributed by atoms with Crippen molar-refractivity contribution in [1.29, 1.82) is 0 Å². The summed E-state index contributed by atoms with van der Waals surface area (Å²) in [5.41, 5.74) is 0. The summed E-state index contributed by atoms with van der Waals surface area (Å²) in [5, 5.41) is 9.17. The number of aliphatic hydroxyl groups excluding tert-OH is 1. The van der Waals surface area contributed by atoms with Gasteiger partial charge in [0.2, 0.25) is 11.8 Å². The molecule has 0 saturated carbocycles. The van der Waals surface area contributed by atoms with Crippen LogP contribution in [-0.4, -0.2) is 40.3 Å². The molecule has 74 valence electrons. The van der Waals surface area contributed by atoms with Gasteiger partial charge in [0.15, 0.2) is 0 Å². The first-order valence-corrected chi connectivity index (χ1v) is 4.76. The second-order valence-corrected chi connectivity index (χ2v) is 3.37. The molecule has 1 rings (SSSR count). The smallest absolute Gasteiger partial charge is 0.229 e. The van der Waals surface area contributed by atoms with E-state index in [-0.39, 0.29) is 24.2 Å². The first kappa shape index (κ1) is 10.5. The molecule has 2 amide bonds. The van der Waals surface area contributed by atoms with Gasteiger partial charge in [-0.2, -0.15) is 0 Å². The number of rotatable bonds is 3. The number of carbonyl (C=O) groups excluding carboxylic acids is 2. The Balaban J connectivity index is 2.54. The van der Waals surface area contributed by atoms with Crippen LogP contribution in [0.25, 0.3) is 0 Å². The third-order valence-electron chi connectivity index (χ3n) is 1.95. The molecule has 5 heteroatoms. The summed E-state index contributed by atoms with van der Waals surface area (Å²) in [6.45, 7) is 0.0289. The van der Waals surface area contributed by atoms with E-state index in [0.717, 1.165) is 4.90 Å². The number of likely N-dealkylation sites (tertiary alicyclic amines) is 1. The van der Waals surface area contributed by atoms with Crippen LogP contribution in [0.15, 0.2) is 0 Å². The predicted molar refractivity (Wildman–Crippen MR) is 47.3 cm³/mol. The normalized spacial score (nSPS) is 20.6. The van der Waals surface area contributed by atoms with Crippen molar-refractivity contribution in [2.24, 2.45) is 0 Å². The third kappa shape index (κ3) is 2.67. The summed E-state index contributed by atoms with van der Waals surface area (Å²) in [4.78, 5) is 23.5. The average molecular weight is 206 g/mol. The van der Waals surface area contributed by atoms with E-state index in [2.05, 4.69) is 0 Å². The van der Waals surface area contributed by atoms with E-state index < -0.39 is 6.10 Å². The molecule has 0 aromatic heterocycles. The SMILES string of the molecule is O=C1CCCC(=O)N1CC(O)CCl. The highest BCUT2D eigenvalue weighted by atomic mass is 35.5. The molecule has 13 heavy (non-hydrogen) atoms. The van der Waals surface area contributed by atoms with E-state index in [1.807, 2.05) is 0 Å². The van der Waals surface area contributed by atoms with E-state index in [0.29, 0.717) is 19.3 Å². The molecular weight excluding hydrogens is 194 g/mol. The lowest BCUT2D eigenvalue weighted by molar-refractivity contribution is -0.149. The van der Waals surface area contributed by atoms with Crippen molar-refractivity contribution in [2.45, 2.75) is 25.4 Å². The van der Waals surface area contributed by atoms with Crippen LogP contribution in [0.1, 0.15) is 19.3 Å². The summed E-state index contributed by atoms with van der Waals surface area (Å²) in [7, 11) is 0. The van der Waals surface area contributed by atoms with Crippen molar-refractivity contribution >= 4 is 23.4 Å². The molecule has 1 fully saturated rings. The van der Waals surface area contributed by atoms with Crippen molar-refractivity contribution < 1.29 is 14.7 Å². The number of hydrogen-bond donors (Lipinski definition) is 1. The maximum Gasteiger partial charge on any atom is 0.229 e. The largest absolute Gasteiger partial charge is 0.390 e. The standard InChI is InChI=1S/C8H12ClNO3/c9-4-6(11)5-10-7(12)2-1-3-8(10)13/h6,11H,1-5H2. The number of imide groups is 1. The molecular formula is C8H12ClNO3. The number of nitrogens with zero attached hydrogens (tertiary/aromatic N) is 1. The summed E-state index contributed by atoms with van der Waals surface area (Å²) in [5.74, 6) is -0.377. The topological polar surface area (TPSA) is 57.6 Å². The van der Waals surface area contributed by atoms with E-state index >= 15 is 0 Å². The van der Waals surface area contributed by atoms with Crippen LogP contribution in [0.2, 0.25) is 0 Å². The zero-order valence-corrected chi connectivity index (χ0v) is 7.96. The Labute approximate surface area is 81.5 Å². The van der Waals surface area contributed by atoms with Crippen molar-refractivity contribution in [2.75, 3.05) is 12.4 Å². The molecule has 0 spiro atoms. The zero-order chi connectivity index (χ0) is 9.84. The van der Waals surface area contributed by atoms with Crippen molar-refractivity contribution in [1.82, 2.24) is 4.90 Å². The van der Waals surface area contributed by atoms with E-state index in [9.17, 15) is 9.59 Å². The van der Waals surface area contributed by atoms with Gasteiger partial charge >= 0.3 is 0 Å². The first-order chi connectivity index (χ1) is 6.15. The molecule has 1 aliphatic heterocycles. The van der Waals surface area contributed by atoms with Gasteiger partial charge in [0, 0.05) is 12.8 Å². The lowest BCUT2D eigenvalue weighted by Crippen LogP contribution is -2.44. The zero-order valence-electron chi connectivity index (χ0n) is 7.20. The summed E-state index contributed by atoms with van der Waals surface area (Å²) < 4.78 is 0. The van der Waals surface area contributed by atoms with Crippen LogP contribution in [0, 0.1) is 0 Å². The fourth-order valence-electron chi connectivity index (χ4n) is 1.26. The first-order valence-electron chi connectivity index (χ1n) is 4.22. The van der Waals surface area contributed by atoms with Gasteiger partial charge in [-0.15, -0.1) is 11.6 Å². The minimum Gasteiger partial charge on any atom is -0.390 e. The van der Waals surface area contributed by atoms with Crippen molar-refractivity contribution in [3.63, 3.8) is 0 Å². The molecule has 0 aromatic rings. The molecule has 1 heterocycles. The second-order valence-electron chi connectivity index (χ2n) is 3.06. The van der Waals surface area contributed by atoms with E-state index in [4.69, 9.17) is 16.7 Å². The molecule has 0 aromatic carbocycles. The van der Waals surface area contributed by atoms with Crippen LogP contribution in [0.4, 0.5) is 0 Å². The third-order valence-corrected chi connectivity index (χ3v) is 2.31. The number of hydrogen-bond acceptors (Lipinski definition) is 3. The van der Waals surface area contributed by atoms with Gasteiger partial charge in [0.05, 0.1) is 18.5 Å². The van der Waals surface area contributed by atoms with Gasteiger partial charge in [-0.05, 0) is 6.42 Å². The van der Waals surface area contributed by atoms with Crippen LogP contribution >= 0.6 is 11.6 Å². The van der Waals surface area contributed by atoms with E-state index in [1.165, 1.54) is 0 Å². The highest BCUT2D eigenvalue weighted by Crippen LogP contribution is 2.12. The number of halogens is 1. The average Bonchev–Trinajstić information content (AvgIpc) is 2.11. The monoisotopic (exact) mass is 205 g/mol. The Morgan fingerprint density at radius 2 is 1.92 bits per heavy atom. The number of carbonyl (C=O) groups is 2. The van der Waals surface area contributed by atoms with Crippen molar-refractivity contribution in [3.8, 4) is 0 Å². The lowest BCUT2D eigenvalue weighted by Gasteiger charge is -2.26. The fraction of sp³-hybridized carbons (Fsp3) is 0.750. The van der Waals surface area contributed by atoms with Gasteiger partial charge in [-0.1, -0.05) is 0 Å². The van der Waals surface area contributed by atoms with Gasteiger partial charge < -0.3 is 5.11 Å². The van der Waals surface area contributed by atoms with Crippen LogP contribution in [0.3, 0.4) is 0 Å². The van der Waals surface area contributed by atoms with Crippen LogP contribution < -0.4 is 0 Å². The van der Waals surface area contributed by atoms with Crippen LogP contribution in [0.5, 0.6) is 0 Å². The molecule has 1 unspecified atom stereocenters.